The Morgan fingerprint density at radius 1 is 0.361 bits per heavy atom. The van der Waals surface area contributed by atoms with Crippen molar-refractivity contribution >= 4 is 32.3 Å². The van der Waals surface area contributed by atoms with Crippen LogP contribution in [-0.2, 0) is 0 Å². The molecule has 0 aliphatic rings. The molecule has 0 N–H and O–H groups in total. The molecule has 0 bridgehead atoms. The molecular weight excluding hydrogens is 436 g/mol. The molecule has 168 valence electrons. The molecule has 0 atom stereocenters. The largest absolute Gasteiger partial charge is 0.237 e. The van der Waals surface area contributed by atoms with Crippen LogP contribution in [0.4, 0.5) is 0 Å². The molecule has 7 rings (SSSR count). The van der Waals surface area contributed by atoms with Gasteiger partial charge in [-0.05, 0) is 61.6 Å². The summed E-state index contributed by atoms with van der Waals surface area (Å²) in [7, 11) is 0. The Morgan fingerprint density at radius 2 is 0.889 bits per heavy atom. The van der Waals surface area contributed by atoms with E-state index in [4.69, 9.17) is 4.98 Å². The predicted octanol–water partition coefficient (Wildman–Crippen LogP) is 8.94. The van der Waals surface area contributed by atoms with Crippen LogP contribution in [-0.4, -0.2) is 9.97 Å². The van der Waals surface area contributed by atoms with Crippen LogP contribution in [0, 0.1) is 0 Å². The third kappa shape index (κ3) is 3.43. The highest BCUT2D eigenvalue weighted by atomic mass is 14.9. The monoisotopic (exact) mass is 458 g/mol. The lowest BCUT2D eigenvalue weighted by atomic mass is 9.91. The molecule has 2 nitrogen and oxygen atoms in total. The first-order chi connectivity index (χ1) is 17.8. The Bertz CT molecular complexity index is 1870. The molecule has 0 unspecified atom stereocenters. The molecule has 36 heavy (non-hydrogen) atoms. The van der Waals surface area contributed by atoms with E-state index in [1.165, 1.54) is 43.4 Å². The maximum absolute atomic E-state index is 4.91. The maximum atomic E-state index is 4.91. The summed E-state index contributed by atoms with van der Waals surface area (Å²) < 4.78 is 0. The summed E-state index contributed by atoms with van der Waals surface area (Å²) in [6, 6.07) is 44.9. The molecule has 0 aliphatic carbocycles. The molecule has 7 aromatic rings. The van der Waals surface area contributed by atoms with Crippen LogP contribution >= 0.6 is 0 Å². The van der Waals surface area contributed by atoms with Gasteiger partial charge in [-0.25, -0.2) is 9.97 Å². The average molecular weight is 459 g/mol. The molecular formula is C34H22N2. The Balaban J connectivity index is 1.47. The van der Waals surface area contributed by atoms with Crippen LogP contribution in [0.3, 0.4) is 0 Å². The van der Waals surface area contributed by atoms with Crippen LogP contribution in [0.5, 0.6) is 0 Å². The van der Waals surface area contributed by atoms with Gasteiger partial charge < -0.3 is 0 Å². The van der Waals surface area contributed by atoms with E-state index in [1.807, 2.05) is 42.6 Å². The van der Waals surface area contributed by atoms with Gasteiger partial charge in [0, 0.05) is 17.3 Å². The fourth-order valence-electron chi connectivity index (χ4n) is 5.17. The summed E-state index contributed by atoms with van der Waals surface area (Å²) in [5.74, 6) is 0.740. The van der Waals surface area contributed by atoms with E-state index in [0.717, 1.165) is 22.6 Å². The quantitative estimate of drug-likeness (QED) is 0.247. The van der Waals surface area contributed by atoms with Crippen molar-refractivity contribution < 1.29 is 0 Å². The van der Waals surface area contributed by atoms with Crippen molar-refractivity contribution in [2.75, 3.05) is 0 Å². The molecule has 0 saturated carbocycles. The van der Waals surface area contributed by atoms with Crippen molar-refractivity contribution in [1.29, 1.82) is 0 Å². The Hall–Kier alpha value is -4.82. The number of fused-ring (bicyclic) bond motifs is 6. The lowest BCUT2D eigenvalue weighted by Crippen LogP contribution is -1.92. The Morgan fingerprint density at radius 3 is 1.61 bits per heavy atom. The Kier molecular flexibility index (Phi) is 4.82. The molecule has 0 amide bonds. The number of hydrogen-bond donors (Lipinski definition) is 0. The standard InChI is InChI=1S/C34H22N2/c1-3-9-23(10-4-1)25-15-17-29-27-13-7-8-14-28(27)32-22-26(16-18-30(32)31(29)21-25)33-19-20-35-34(36-33)24-11-5-2-6-12-24/h1-22H. The molecule has 0 aliphatic heterocycles. The van der Waals surface area contributed by atoms with Crippen LogP contribution in [0.2, 0.25) is 0 Å². The van der Waals surface area contributed by atoms with Gasteiger partial charge in [0.25, 0.3) is 0 Å². The van der Waals surface area contributed by atoms with E-state index in [-0.39, 0.29) is 0 Å². The fourth-order valence-corrected chi connectivity index (χ4v) is 5.17. The Labute approximate surface area is 209 Å². The minimum Gasteiger partial charge on any atom is -0.237 e. The molecule has 6 aromatic carbocycles. The molecule has 2 heteroatoms. The van der Waals surface area contributed by atoms with Gasteiger partial charge in [0.1, 0.15) is 0 Å². The van der Waals surface area contributed by atoms with Gasteiger partial charge in [-0.15, -0.1) is 0 Å². The maximum Gasteiger partial charge on any atom is 0.159 e. The summed E-state index contributed by atoms with van der Waals surface area (Å²) in [6.07, 6.45) is 1.85. The van der Waals surface area contributed by atoms with Crippen LogP contribution in [0.1, 0.15) is 0 Å². The second-order valence-electron chi connectivity index (χ2n) is 9.06. The van der Waals surface area contributed by atoms with Crippen molar-refractivity contribution in [2.45, 2.75) is 0 Å². The van der Waals surface area contributed by atoms with Crippen molar-refractivity contribution in [1.82, 2.24) is 9.97 Å². The van der Waals surface area contributed by atoms with E-state index in [0.29, 0.717) is 0 Å². The molecule has 0 fully saturated rings. The van der Waals surface area contributed by atoms with Crippen molar-refractivity contribution in [2.24, 2.45) is 0 Å². The van der Waals surface area contributed by atoms with Gasteiger partial charge in [-0.2, -0.15) is 0 Å². The summed E-state index contributed by atoms with van der Waals surface area (Å²) in [5, 5.41) is 7.56. The first-order valence-corrected chi connectivity index (χ1v) is 12.2. The second-order valence-corrected chi connectivity index (χ2v) is 9.06. The van der Waals surface area contributed by atoms with Crippen molar-refractivity contribution in [3.8, 4) is 33.8 Å². The van der Waals surface area contributed by atoms with Gasteiger partial charge in [0.15, 0.2) is 5.82 Å². The van der Waals surface area contributed by atoms with E-state index >= 15 is 0 Å². The number of benzene rings is 6. The van der Waals surface area contributed by atoms with E-state index < -0.39 is 0 Å². The smallest absolute Gasteiger partial charge is 0.159 e. The minimum atomic E-state index is 0.740. The summed E-state index contributed by atoms with van der Waals surface area (Å²) in [4.78, 5) is 9.42. The first-order valence-electron chi connectivity index (χ1n) is 12.2. The zero-order chi connectivity index (χ0) is 23.9. The number of nitrogens with zero attached hydrogens (tertiary/aromatic N) is 2. The third-order valence-corrected chi connectivity index (χ3v) is 6.93. The van der Waals surface area contributed by atoms with Gasteiger partial charge in [0.05, 0.1) is 5.69 Å². The van der Waals surface area contributed by atoms with Crippen LogP contribution in [0.25, 0.3) is 66.1 Å². The van der Waals surface area contributed by atoms with Crippen molar-refractivity contribution in [3.63, 3.8) is 0 Å². The van der Waals surface area contributed by atoms with Crippen molar-refractivity contribution in [3.05, 3.63) is 134 Å². The summed E-state index contributed by atoms with van der Waals surface area (Å²) in [5.41, 5.74) is 5.49. The SMILES string of the molecule is c1ccc(-c2ccc3c4ccccc4c4cc(-c5ccnc(-c6ccccc6)n5)ccc4c3c2)cc1. The summed E-state index contributed by atoms with van der Waals surface area (Å²) >= 11 is 0. The lowest BCUT2D eigenvalue weighted by Gasteiger charge is -2.13. The van der Waals surface area contributed by atoms with E-state index in [2.05, 4.69) is 96.0 Å². The molecule has 0 radical (unpaired) electrons. The lowest BCUT2D eigenvalue weighted by molar-refractivity contribution is 1.18. The molecule has 0 spiro atoms. The summed E-state index contributed by atoms with van der Waals surface area (Å²) in [6.45, 7) is 0. The third-order valence-electron chi connectivity index (χ3n) is 6.93. The number of aromatic nitrogens is 2. The molecule has 1 aromatic heterocycles. The zero-order valence-corrected chi connectivity index (χ0v) is 19.6. The van der Waals surface area contributed by atoms with Gasteiger partial charge in [-0.1, -0.05) is 109 Å². The normalized spacial score (nSPS) is 11.3. The van der Waals surface area contributed by atoms with E-state index in [9.17, 15) is 0 Å². The highest BCUT2D eigenvalue weighted by Crippen LogP contribution is 2.38. The van der Waals surface area contributed by atoms with Gasteiger partial charge in [0.2, 0.25) is 0 Å². The first kappa shape index (κ1) is 20.5. The van der Waals surface area contributed by atoms with Gasteiger partial charge >= 0.3 is 0 Å². The average Bonchev–Trinajstić information content (AvgIpc) is 2.98. The van der Waals surface area contributed by atoms with E-state index in [1.54, 1.807) is 0 Å². The number of rotatable bonds is 3. The fraction of sp³-hybridized carbons (Fsp3) is 0. The zero-order valence-electron chi connectivity index (χ0n) is 19.6. The topological polar surface area (TPSA) is 25.8 Å². The highest BCUT2D eigenvalue weighted by molar-refractivity contribution is 6.26. The highest BCUT2D eigenvalue weighted by Gasteiger charge is 2.12. The van der Waals surface area contributed by atoms with Crippen LogP contribution < -0.4 is 0 Å². The number of hydrogen-bond acceptors (Lipinski definition) is 2. The molecule has 1 heterocycles. The second kappa shape index (κ2) is 8.44. The van der Waals surface area contributed by atoms with Gasteiger partial charge in [-0.3, -0.25) is 0 Å². The molecule has 0 saturated heterocycles. The predicted molar refractivity (Wildman–Crippen MR) is 151 cm³/mol. The van der Waals surface area contributed by atoms with Crippen LogP contribution in [0.15, 0.2) is 134 Å². The minimum absolute atomic E-state index is 0.740.